The van der Waals surface area contributed by atoms with Crippen molar-refractivity contribution in [3.8, 4) is 11.5 Å². The van der Waals surface area contributed by atoms with Gasteiger partial charge in [0.1, 0.15) is 0 Å². The molecule has 3 rings (SSSR count). The van der Waals surface area contributed by atoms with Crippen LogP contribution in [0.1, 0.15) is 142 Å². The van der Waals surface area contributed by atoms with Crippen molar-refractivity contribution in [2.45, 2.75) is 143 Å². The quantitative estimate of drug-likeness (QED) is 0.334. The molecule has 1 fully saturated rings. The number of benzene rings is 2. The molecule has 227 valence electrons. The molecular weight excluding hydrogens is 551 g/mol. The fourth-order valence-corrected chi connectivity index (χ4v) is 5.27. The van der Waals surface area contributed by atoms with Crippen molar-refractivity contribution in [3.63, 3.8) is 0 Å². The van der Waals surface area contributed by atoms with Crippen LogP contribution < -0.4 is 10.2 Å². The minimum atomic E-state index is -0.248. The maximum absolute atomic E-state index is 13.5. The summed E-state index contributed by atoms with van der Waals surface area (Å²) in [5.41, 5.74) is 4.62. The van der Waals surface area contributed by atoms with Gasteiger partial charge in [-0.05, 0) is 67.9 Å². The van der Waals surface area contributed by atoms with Gasteiger partial charge in [0.25, 0.3) is 0 Å². The maximum Gasteiger partial charge on any atom is 2.00 e. The summed E-state index contributed by atoms with van der Waals surface area (Å²) in [6.45, 7) is 25.6. The Balaban J connectivity index is 0.00000588. The molecule has 0 aliphatic heterocycles. The van der Waals surface area contributed by atoms with Gasteiger partial charge in [-0.15, -0.1) is 0 Å². The summed E-state index contributed by atoms with van der Waals surface area (Å²) in [6.07, 6.45) is 7.63. The van der Waals surface area contributed by atoms with Crippen LogP contribution in [-0.4, -0.2) is 24.5 Å². The van der Waals surface area contributed by atoms with E-state index in [-0.39, 0.29) is 62.0 Å². The fraction of sp³-hybridized carbons (Fsp3) is 0.611. The zero-order chi connectivity index (χ0) is 30.3. The normalized spacial score (nSPS) is 19.1. The van der Waals surface area contributed by atoms with Gasteiger partial charge in [0.05, 0.1) is 12.1 Å². The van der Waals surface area contributed by atoms with Crippen LogP contribution in [0.3, 0.4) is 0 Å². The van der Waals surface area contributed by atoms with Crippen LogP contribution in [0.25, 0.3) is 0 Å². The van der Waals surface area contributed by atoms with Crippen molar-refractivity contribution in [3.05, 3.63) is 57.6 Å². The average molecular weight is 604 g/mol. The van der Waals surface area contributed by atoms with E-state index >= 15 is 0 Å². The molecule has 1 saturated carbocycles. The molecule has 1 radical (unpaired) electrons. The molecule has 0 N–H and O–H groups in total. The molecule has 0 aromatic heterocycles. The SMILES string of the molecule is CC(C)(C)c1cc(C=N[C@@H]2CCCC[C@H]2N=Cc2cc(C(C)(C)C)cc(C(C)(C)C)c2[O-])c([O-])c(C(C)(C)C)c1.[Co+2]. The first-order valence-corrected chi connectivity index (χ1v) is 15.0. The number of hydrogen-bond donors (Lipinski definition) is 0. The van der Waals surface area contributed by atoms with Crippen molar-refractivity contribution in [1.29, 1.82) is 0 Å². The van der Waals surface area contributed by atoms with Gasteiger partial charge in [-0.25, -0.2) is 0 Å². The van der Waals surface area contributed by atoms with Crippen molar-refractivity contribution < 1.29 is 27.0 Å². The predicted molar refractivity (Wildman–Crippen MR) is 168 cm³/mol. The third-order valence-electron chi connectivity index (χ3n) is 8.09. The molecule has 0 unspecified atom stereocenters. The summed E-state index contributed by atoms with van der Waals surface area (Å²) in [6, 6.07) is 8.15. The molecule has 2 aromatic rings. The molecule has 1 aliphatic rings. The zero-order valence-electron chi connectivity index (χ0n) is 27.5. The topological polar surface area (TPSA) is 70.8 Å². The van der Waals surface area contributed by atoms with Crippen LogP contribution in [0.2, 0.25) is 0 Å². The number of nitrogens with zero attached hydrogens (tertiary/aromatic N) is 2. The standard InChI is InChI=1S/C36H54N2O2.Co/c1-33(2,3)25-17-23(31(39)27(19-25)35(7,8)9)21-37-29-15-13-14-16-30(29)38-22-24-18-26(34(4,5)6)20-28(32(24)40)36(10,11)12;/h17-22,29-30,39-40H,13-16H2,1-12H3;/q;+2/p-2/t29-,30-;/m1./s1. The molecule has 41 heavy (non-hydrogen) atoms. The smallest absolute Gasteiger partial charge is 0.872 e. The van der Waals surface area contributed by atoms with E-state index in [2.05, 4.69) is 95.2 Å². The Morgan fingerprint density at radius 2 is 0.878 bits per heavy atom. The molecule has 2 aromatic carbocycles. The molecular formula is C36H52CoN2O2. The molecule has 1 aliphatic carbocycles. The summed E-state index contributed by atoms with van der Waals surface area (Å²) < 4.78 is 0. The van der Waals surface area contributed by atoms with Gasteiger partial charge in [0.15, 0.2) is 0 Å². The van der Waals surface area contributed by atoms with Crippen LogP contribution >= 0.6 is 0 Å². The molecule has 2 atom stereocenters. The average Bonchev–Trinajstić information content (AvgIpc) is 2.80. The van der Waals surface area contributed by atoms with Crippen LogP contribution in [0.4, 0.5) is 0 Å². The van der Waals surface area contributed by atoms with Gasteiger partial charge in [0.2, 0.25) is 0 Å². The Morgan fingerprint density at radius 3 is 1.15 bits per heavy atom. The third kappa shape index (κ3) is 8.70. The Kier molecular flexibility index (Phi) is 10.8. The molecule has 0 bridgehead atoms. The van der Waals surface area contributed by atoms with Crippen molar-refractivity contribution in [1.82, 2.24) is 0 Å². The Labute approximate surface area is 260 Å². The molecule has 5 heteroatoms. The Bertz CT molecular complexity index is 1170. The van der Waals surface area contributed by atoms with Gasteiger partial charge in [-0.2, -0.15) is 0 Å². The molecule has 0 saturated heterocycles. The van der Waals surface area contributed by atoms with Crippen molar-refractivity contribution in [2.75, 3.05) is 0 Å². The predicted octanol–water partition coefficient (Wildman–Crippen LogP) is 7.87. The van der Waals surface area contributed by atoms with Gasteiger partial charge < -0.3 is 10.2 Å². The fourth-order valence-electron chi connectivity index (χ4n) is 5.27. The van der Waals surface area contributed by atoms with E-state index in [0.29, 0.717) is 11.1 Å². The van der Waals surface area contributed by atoms with E-state index in [9.17, 15) is 10.2 Å². The Morgan fingerprint density at radius 1 is 0.561 bits per heavy atom. The van der Waals surface area contributed by atoms with Gasteiger partial charge in [-0.1, -0.05) is 132 Å². The summed E-state index contributed by atoms with van der Waals surface area (Å²) in [5, 5.41) is 26.9. The van der Waals surface area contributed by atoms with E-state index in [4.69, 9.17) is 9.98 Å². The number of hydrogen-bond acceptors (Lipinski definition) is 4. The first kappa shape index (κ1) is 35.1. The summed E-state index contributed by atoms with van der Waals surface area (Å²) in [7, 11) is 0. The van der Waals surface area contributed by atoms with Crippen LogP contribution in [0.5, 0.6) is 11.5 Å². The van der Waals surface area contributed by atoms with Crippen LogP contribution in [-0.2, 0) is 38.4 Å². The van der Waals surface area contributed by atoms with Gasteiger partial charge >= 0.3 is 16.8 Å². The summed E-state index contributed by atoms with van der Waals surface area (Å²) in [4.78, 5) is 9.95. The monoisotopic (exact) mass is 603 g/mol. The minimum absolute atomic E-state index is 0. The number of aliphatic imine (C=N–C) groups is 2. The van der Waals surface area contributed by atoms with Gasteiger partial charge in [0, 0.05) is 12.4 Å². The molecule has 4 nitrogen and oxygen atoms in total. The molecule has 0 spiro atoms. The second kappa shape index (κ2) is 12.6. The number of rotatable bonds is 4. The second-order valence-electron chi connectivity index (χ2n) is 15.9. The van der Waals surface area contributed by atoms with E-state index in [1.54, 1.807) is 12.4 Å². The minimum Gasteiger partial charge on any atom is -0.872 e. The molecule has 0 heterocycles. The van der Waals surface area contributed by atoms with Crippen molar-refractivity contribution >= 4 is 12.4 Å². The van der Waals surface area contributed by atoms with E-state index in [1.807, 2.05) is 12.1 Å². The van der Waals surface area contributed by atoms with E-state index in [1.165, 1.54) is 0 Å². The zero-order valence-corrected chi connectivity index (χ0v) is 28.5. The van der Waals surface area contributed by atoms with Crippen LogP contribution in [0.15, 0.2) is 34.3 Å². The van der Waals surface area contributed by atoms with Crippen molar-refractivity contribution in [2.24, 2.45) is 9.98 Å². The van der Waals surface area contributed by atoms with Gasteiger partial charge in [-0.3, -0.25) is 9.98 Å². The first-order valence-electron chi connectivity index (χ1n) is 15.0. The summed E-state index contributed by atoms with van der Waals surface area (Å²) in [5.74, 6) is 0.120. The first-order chi connectivity index (χ1) is 18.2. The largest absolute Gasteiger partial charge is 2.00 e. The van der Waals surface area contributed by atoms with E-state index < -0.39 is 0 Å². The second-order valence-corrected chi connectivity index (χ2v) is 15.9. The Hall–Kier alpha value is -2.11. The van der Waals surface area contributed by atoms with E-state index in [0.717, 1.165) is 47.9 Å². The van der Waals surface area contributed by atoms with Crippen LogP contribution in [0, 0.1) is 0 Å². The third-order valence-corrected chi connectivity index (χ3v) is 8.09. The maximum atomic E-state index is 13.5. The molecule has 0 amide bonds. The summed E-state index contributed by atoms with van der Waals surface area (Å²) >= 11 is 0.